The largest absolute Gasteiger partial charge is 0.497 e. The van der Waals surface area contributed by atoms with E-state index in [9.17, 15) is 0 Å². The second kappa shape index (κ2) is 5.77. The standard InChI is InChI=1S/C17H15N5O2/c1-11-19-20-15-8-5-13(10-22(11)15)17-18-16(24-21-17)9-12-3-6-14(23-2)7-4-12/h3-8,10H,9H2,1-2H3. The number of benzene rings is 1. The molecule has 0 atom stereocenters. The lowest BCUT2D eigenvalue weighted by molar-refractivity contribution is 0.385. The van der Waals surface area contributed by atoms with E-state index in [1.807, 2.05) is 53.9 Å². The van der Waals surface area contributed by atoms with Crippen LogP contribution >= 0.6 is 0 Å². The van der Waals surface area contributed by atoms with E-state index in [1.165, 1.54) is 0 Å². The van der Waals surface area contributed by atoms with Gasteiger partial charge in [-0.25, -0.2) is 0 Å². The van der Waals surface area contributed by atoms with E-state index in [0.29, 0.717) is 18.1 Å². The van der Waals surface area contributed by atoms with E-state index in [0.717, 1.165) is 28.3 Å². The Bertz CT molecular complexity index is 988. The van der Waals surface area contributed by atoms with Crippen LogP contribution in [-0.4, -0.2) is 31.8 Å². The highest BCUT2D eigenvalue weighted by Gasteiger charge is 2.11. The lowest BCUT2D eigenvalue weighted by Gasteiger charge is -2.00. The minimum Gasteiger partial charge on any atom is -0.497 e. The number of fused-ring (bicyclic) bond motifs is 1. The number of ether oxygens (including phenoxy) is 1. The van der Waals surface area contributed by atoms with Gasteiger partial charge in [0.1, 0.15) is 11.6 Å². The first-order chi connectivity index (χ1) is 11.7. The molecule has 0 aliphatic heterocycles. The lowest BCUT2D eigenvalue weighted by Crippen LogP contribution is -1.91. The molecule has 0 radical (unpaired) electrons. The summed E-state index contributed by atoms with van der Waals surface area (Å²) in [5.74, 6) is 2.75. The van der Waals surface area contributed by atoms with Gasteiger partial charge in [0.25, 0.3) is 0 Å². The first kappa shape index (κ1) is 14.4. The molecule has 0 N–H and O–H groups in total. The van der Waals surface area contributed by atoms with E-state index in [4.69, 9.17) is 9.26 Å². The molecule has 0 amide bonds. The molecular weight excluding hydrogens is 306 g/mol. The van der Waals surface area contributed by atoms with Gasteiger partial charge in [-0.3, -0.25) is 4.40 Å². The van der Waals surface area contributed by atoms with Gasteiger partial charge < -0.3 is 9.26 Å². The molecule has 0 aliphatic rings. The third kappa shape index (κ3) is 2.60. The smallest absolute Gasteiger partial charge is 0.231 e. The van der Waals surface area contributed by atoms with Gasteiger partial charge in [0.05, 0.1) is 13.5 Å². The highest BCUT2D eigenvalue weighted by atomic mass is 16.5. The fourth-order valence-corrected chi connectivity index (χ4v) is 2.50. The van der Waals surface area contributed by atoms with Crippen molar-refractivity contribution in [2.75, 3.05) is 7.11 Å². The zero-order valence-electron chi connectivity index (χ0n) is 13.3. The number of hydrogen-bond acceptors (Lipinski definition) is 6. The SMILES string of the molecule is COc1ccc(Cc2nc(-c3ccc4nnc(C)n4c3)no2)cc1. The van der Waals surface area contributed by atoms with Crippen molar-refractivity contribution in [1.82, 2.24) is 24.7 Å². The molecule has 7 nitrogen and oxygen atoms in total. The summed E-state index contributed by atoms with van der Waals surface area (Å²) in [6, 6.07) is 11.6. The van der Waals surface area contributed by atoms with Crippen LogP contribution in [0.4, 0.5) is 0 Å². The normalized spacial score (nSPS) is 11.1. The summed E-state index contributed by atoms with van der Waals surface area (Å²) < 4.78 is 12.4. The summed E-state index contributed by atoms with van der Waals surface area (Å²) >= 11 is 0. The van der Waals surface area contributed by atoms with Crippen LogP contribution in [0, 0.1) is 6.92 Å². The predicted molar refractivity (Wildman–Crippen MR) is 86.8 cm³/mol. The Morgan fingerprint density at radius 3 is 2.71 bits per heavy atom. The van der Waals surface area contributed by atoms with Crippen LogP contribution < -0.4 is 4.74 Å². The zero-order valence-corrected chi connectivity index (χ0v) is 13.3. The molecule has 0 unspecified atom stereocenters. The van der Waals surface area contributed by atoms with Crippen molar-refractivity contribution in [1.29, 1.82) is 0 Å². The highest BCUT2D eigenvalue weighted by molar-refractivity contribution is 5.57. The Hall–Kier alpha value is -3.22. The van der Waals surface area contributed by atoms with Crippen LogP contribution in [0.15, 0.2) is 47.1 Å². The van der Waals surface area contributed by atoms with Crippen LogP contribution in [0.25, 0.3) is 17.0 Å². The second-order valence-corrected chi connectivity index (χ2v) is 5.43. The van der Waals surface area contributed by atoms with Gasteiger partial charge in [-0.05, 0) is 36.8 Å². The van der Waals surface area contributed by atoms with E-state index in [1.54, 1.807) is 7.11 Å². The maximum Gasteiger partial charge on any atom is 0.231 e. The number of nitrogens with zero attached hydrogens (tertiary/aromatic N) is 5. The quantitative estimate of drug-likeness (QED) is 0.575. The average Bonchev–Trinajstić information content (AvgIpc) is 3.23. The molecule has 0 spiro atoms. The number of hydrogen-bond donors (Lipinski definition) is 0. The molecule has 1 aromatic carbocycles. The Morgan fingerprint density at radius 2 is 1.92 bits per heavy atom. The first-order valence-corrected chi connectivity index (χ1v) is 7.50. The summed E-state index contributed by atoms with van der Waals surface area (Å²) in [4.78, 5) is 4.48. The summed E-state index contributed by atoms with van der Waals surface area (Å²) in [5.41, 5.74) is 2.73. The van der Waals surface area contributed by atoms with Crippen LogP contribution in [0.5, 0.6) is 5.75 Å². The van der Waals surface area contributed by atoms with Gasteiger partial charge in [0, 0.05) is 11.8 Å². The van der Waals surface area contributed by atoms with Crippen molar-refractivity contribution in [2.45, 2.75) is 13.3 Å². The maximum absolute atomic E-state index is 5.37. The van der Waals surface area contributed by atoms with E-state index in [-0.39, 0.29) is 0 Å². The Balaban J connectivity index is 1.59. The van der Waals surface area contributed by atoms with Gasteiger partial charge in [-0.1, -0.05) is 17.3 Å². The summed E-state index contributed by atoms with van der Waals surface area (Å²) in [5, 5.41) is 12.2. The monoisotopic (exact) mass is 321 g/mol. The van der Waals surface area contributed by atoms with Crippen molar-refractivity contribution < 1.29 is 9.26 Å². The van der Waals surface area contributed by atoms with Crippen LogP contribution in [-0.2, 0) is 6.42 Å². The van der Waals surface area contributed by atoms with Crippen LogP contribution in [0.1, 0.15) is 17.3 Å². The number of rotatable bonds is 4. The predicted octanol–water partition coefficient (Wildman–Crippen LogP) is 2.69. The number of aryl methyl sites for hydroxylation is 1. The molecule has 0 aliphatic carbocycles. The number of aromatic nitrogens is 5. The van der Waals surface area contributed by atoms with E-state index < -0.39 is 0 Å². The molecule has 3 heterocycles. The minimum atomic E-state index is 0.550. The molecule has 0 saturated carbocycles. The van der Waals surface area contributed by atoms with Crippen molar-refractivity contribution in [2.24, 2.45) is 0 Å². The van der Waals surface area contributed by atoms with Crippen molar-refractivity contribution in [3.05, 3.63) is 59.9 Å². The Labute approximate surface area is 137 Å². The van der Waals surface area contributed by atoms with Gasteiger partial charge >= 0.3 is 0 Å². The number of methoxy groups -OCH3 is 1. The van der Waals surface area contributed by atoms with Crippen molar-refractivity contribution in [3.63, 3.8) is 0 Å². The van der Waals surface area contributed by atoms with E-state index >= 15 is 0 Å². The average molecular weight is 321 g/mol. The number of pyridine rings is 1. The molecule has 24 heavy (non-hydrogen) atoms. The molecule has 0 fully saturated rings. The molecular formula is C17H15N5O2. The fraction of sp³-hybridized carbons (Fsp3) is 0.176. The molecule has 0 saturated heterocycles. The van der Waals surface area contributed by atoms with Crippen LogP contribution in [0.2, 0.25) is 0 Å². The van der Waals surface area contributed by atoms with Crippen LogP contribution in [0.3, 0.4) is 0 Å². The lowest BCUT2D eigenvalue weighted by atomic mass is 10.1. The maximum atomic E-state index is 5.37. The van der Waals surface area contributed by atoms with E-state index in [2.05, 4.69) is 20.3 Å². The molecule has 120 valence electrons. The van der Waals surface area contributed by atoms with Gasteiger partial charge in [0.2, 0.25) is 11.7 Å². The molecule has 4 aromatic rings. The van der Waals surface area contributed by atoms with Gasteiger partial charge in [0.15, 0.2) is 5.65 Å². The third-order valence-electron chi connectivity index (χ3n) is 3.81. The summed E-state index contributed by atoms with van der Waals surface area (Å²) in [6.07, 6.45) is 2.48. The zero-order chi connectivity index (χ0) is 16.5. The molecule has 0 bridgehead atoms. The minimum absolute atomic E-state index is 0.550. The van der Waals surface area contributed by atoms with Gasteiger partial charge in [-0.15, -0.1) is 10.2 Å². The van der Waals surface area contributed by atoms with Crippen molar-refractivity contribution >= 4 is 5.65 Å². The van der Waals surface area contributed by atoms with Crippen molar-refractivity contribution in [3.8, 4) is 17.1 Å². The second-order valence-electron chi connectivity index (χ2n) is 5.43. The third-order valence-corrected chi connectivity index (χ3v) is 3.81. The summed E-state index contributed by atoms with van der Waals surface area (Å²) in [7, 11) is 1.65. The molecule has 7 heteroatoms. The molecule has 3 aromatic heterocycles. The first-order valence-electron chi connectivity index (χ1n) is 7.50. The highest BCUT2D eigenvalue weighted by Crippen LogP contribution is 2.19. The summed E-state index contributed by atoms with van der Waals surface area (Å²) in [6.45, 7) is 1.90. The molecule has 4 rings (SSSR count). The Morgan fingerprint density at radius 1 is 1.08 bits per heavy atom. The Kier molecular flexibility index (Phi) is 3.45. The van der Waals surface area contributed by atoms with Gasteiger partial charge in [-0.2, -0.15) is 4.98 Å². The fourth-order valence-electron chi connectivity index (χ4n) is 2.50. The topological polar surface area (TPSA) is 78.3 Å².